The Bertz CT molecular complexity index is 1130. The van der Waals surface area contributed by atoms with Crippen molar-refractivity contribution in [1.29, 1.82) is 0 Å². The van der Waals surface area contributed by atoms with Gasteiger partial charge >= 0.3 is 6.03 Å². The number of piperidine rings is 1. The minimum absolute atomic E-state index is 0.158. The molecule has 1 saturated heterocycles. The number of carbonyl (C=O) groups excluding carboxylic acids is 2. The lowest BCUT2D eigenvalue weighted by Gasteiger charge is -2.33. The fourth-order valence-electron chi connectivity index (χ4n) is 4.02. The maximum Gasteiger partial charge on any atom is 0.323 e. The van der Waals surface area contributed by atoms with Crippen LogP contribution in [-0.2, 0) is 6.54 Å². The molecule has 3 N–H and O–H groups in total. The number of rotatable bonds is 6. The first kappa shape index (κ1) is 23.8. The Morgan fingerprint density at radius 3 is 2.26 bits per heavy atom. The molecule has 3 aromatic rings. The highest BCUT2D eigenvalue weighted by molar-refractivity contribution is 9.10. The third-order valence-electron chi connectivity index (χ3n) is 6.02. The Hall–Kier alpha value is -3.32. The van der Waals surface area contributed by atoms with Crippen LogP contribution in [0.3, 0.4) is 0 Å². The summed E-state index contributed by atoms with van der Waals surface area (Å²) in [4.78, 5) is 28.0. The molecule has 34 heavy (non-hydrogen) atoms. The summed E-state index contributed by atoms with van der Waals surface area (Å²) in [5.74, 6) is 0.532. The largest absolute Gasteiger partial charge is 0.371 e. The molecule has 0 aliphatic carbocycles. The average molecular weight is 521 g/mol. The molecule has 176 valence electrons. The van der Waals surface area contributed by atoms with Gasteiger partial charge in [-0.25, -0.2) is 4.79 Å². The number of nitrogens with one attached hydrogen (secondary N) is 3. The van der Waals surface area contributed by atoms with Gasteiger partial charge in [0, 0.05) is 41.2 Å². The molecule has 6 nitrogen and oxygen atoms in total. The first-order chi connectivity index (χ1) is 16.5. The summed E-state index contributed by atoms with van der Waals surface area (Å²) in [5, 5.41) is 8.70. The number of nitrogens with zero attached hydrogens (tertiary/aromatic N) is 1. The maximum absolute atomic E-state index is 13.2. The molecule has 0 bridgehead atoms. The molecule has 1 heterocycles. The third-order valence-corrected chi connectivity index (χ3v) is 6.55. The van der Waals surface area contributed by atoms with Crippen LogP contribution < -0.4 is 20.9 Å². The molecule has 3 aromatic carbocycles. The van der Waals surface area contributed by atoms with Crippen LogP contribution in [0.2, 0.25) is 0 Å². The van der Waals surface area contributed by atoms with Gasteiger partial charge in [0.15, 0.2) is 0 Å². The van der Waals surface area contributed by atoms with E-state index in [1.165, 1.54) is 0 Å². The van der Waals surface area contributed by atoms with Gasteiger partial charge in [-0.15, -0.1) is 0 Å². The normalized spacial score (nSPS) is 13.9. The molecule has 1 fully saturated rings. The van der Waals surface area contributed by atoms with Crippen LogP contribution in [0.15, 0.2) is 77.3 Å². The predicted molar refractivity (Wildman–Crippen MR) is 141 cm³/mol. The second kappa shape index (κ2) is 11.2. The van der Waals surface area contributed by atoms with E-state index in [0.717, 1.165) is 41.7 Å². The van der Waals surface area contributed by atoms with Gasteiger partial charge in [-0.05, 0) is 66.8 Å². The van der Waals surface area contributed by atoms with Crippen molar-refractivity contribution < 1.29 is 9.59 Å². The summed E-state index contributed by atoms with van der Waals surface area (Å²) < 4.78 is 0.937. The lowest BCUT2D eigenvalue weighted by atomic mass is 9.97. The number of anilines is 3. The van der Waals surface area contributed by atoms with Gasteiger partial charge in [0.1, 0.15) is 0 Å². The number of amides is 3. The molecule has 0 radical (unpaired) electrons. The second-order valence-electron chi connectivity index (χ2n) is 8.66. The van der Waals surface area contributed by atoms with Crippen LogP contribution >= 0.6 is 15.9 Å². The van der Waals surface area contributed by atoms with E-state index >= 15 is 0 Å². The molecule has 1 aliphatic heterocycles. The van der Waals surface area contributed by atoms with Crippen molar-refractivity contribution in [3.63, 3.8) is 0 Å². The Balaban J connectivity index is 1.51. The van der Waals surface area contributed by atoms with Gasteiger partial charge < -0.3 is 20.9 Å². The van der Waals surface area contributed by atoms with Crippen molar-refractivity contribution in [2.75, 3.05) is 28.6 Å². The summed E-state index contributed by atoms with van der Waals surface area (Å²) in [7, 11) is 0. The zero-order chi connectivity index (χ0) is 23.9. The highest BCUT2D eigenvalue weighted by Gasteiger charge is 2.22. The average Bonchev–Trinajstić information content (AvgIpc) is 2.85. The summed E-state index contributed by atoms with van der Waals surface area (Å²) in [6, 6.07) is 22.4. The van der Waals surface area contributed by atoms with Crippen molar-refractivity contribution in [3.8, 4) is 0 Å². The fourth-order valence-corrected chi connectivity index (χ4v) is 4.29. The summed E-state index contributed by atoms with van der Waals surface area (Å²) in [6.45, 7) is 4.54. The first-order valence-electron chi connectivity index (χ1n) is 11.5. The maximum atomic E-state index is 13.2. The quantitative estimate of drug-likeness (QED) is 0.359. The number of carbonyl (C=O) groups is 2. The van der Waals surface area contributed by atoms with Crippen molar-refractivity contribution in [1.82, 2.24) is 5.32 Å². The lowest BCUT2D eigenvalue weighted by molar-refractivity contribution is 0.0951. The third kappa shape index (κ3) is 6.38. The van der Waals surface area contributed by atoms with E-state index in [2.05, 4.69) is 43.7 Å². The zero-order valence-corrected chi connectivity index (χ0v) is 20.8. The lowest BCUT2D eigenvalue weighted by Crippen LogP contribution is -2.35. The Morgan fingerprint density at radius 1 is 0.912 bits per heavy atom. The molecule has 0 aromatic heterocycles. The molecule has 4 rings (SSSR count). The fraction of sp³-hybridized carbons (Fsp3) is 0.259. The summed E-state index contributed by atoms with van der Waals surface area (Å²) in [5.41, 5.74) is 3.74. The van der Waals surface area contributed by atoms with Crippen LogP contribution in [0.25, 0.3) is 0 Å². The van der Waals surface area contributed by atoms with Crippen molar-refractivity contribution in [2.24, 2.45) is 5.92 Å². The molecule has 0 atom stereocenters. The van der Waals surface area contributed by atoms with Crippen molar-refractivity contribution in [3.05, 3.63) is 88.4 Å². The van der Waals surface area contributed by atoms with Crippen LogP contribution in [0.1, 0.15) is 35.7 Å². The SMILES string of the molecule is CC1CCN(c2ccc(NC(=O)Nc3ccc(Br)cc3)cc2C(=O)NCc2ccccc2)CC1. The van der Waals surface area contributed by atoms with Gasteiger partial charge in [-0.1, -0.05) is 53.2 Å². The number of benzene rings is 3. The monoisotopic (exact) mass is 520 g/mol. The molecular formula is C27H29BrN4O2. The number of hydrogen-bond donors (Lipinski definition) is 3. The van der Waals surface area contributed by atoms with Crippen LogP contribution in [0.4, 0.5) is 21.9 Å². The number of urea groups is 1. The minimum atomic E-state index is -0.363. The minimum Gasteiger partial charge on any atom is -0.371 e. The molecule has 0 saturated carbocycles. The van der Waals surface area contributed by atoms with Crippen LogP contribution in [0, 0.1) is 5.92 Å². The molecule has 1 aliphatic rings. The highest BCUT2D eigenvalue weighted by atomic mass is 79.9. The topological polar surface area (TPSA) is 73.5 Å². The van der Waals surface area contributed by atoms with Gasteiger partial charge in [-0.2, -0.15) is 0 Å². The summed E-state index contributed by atoms with van der Waals surface area (Å²) in [6.07, 6.45) is 2.20. The second-order valence-corrected chi connectivity index (χ2v) is 9.57. The van der Waals surface area contributed by atoms with Crippen molar-refractivity contribution >= 4 is 44.9 Å². The molecule has 3 amide bonds. The van der Waals surface area contributed by atoms with E-state index < -0.39 is 0 Å². The van der Waals surface area contributed by atoms with Crippen LogP contribution in [0.5, 0.6) is 0 Å². The van der Waals surface area contributed by atoms with Crippen LogP contribution in [-0.4, -0.2) is 25.0 Å². The van der Waals surface area contributed by atoms with Gasteiger partial charge in [0.05, 0.1) is 5.56 Å². The number of hydrogen-bond acceptors (Lipinski definition) is 3. The van der Waals surface area contributed by atoms with E-state index in [0.29, 0.717) is 29.4 Å². The Morgan fingerprint density at radius 2 is 1.56 bits per heavy atom. The van der Waals surface area contributed by atoms with E-state index in [-0.39, 0.29) is 11.9 Å². The van der Waals surface area contributed by atoms with E-state index in [4.69, 9.17) is 0 Å². The van der Waals surface area contributed by atoms with Crippen molar-refractivity contribution in [2.45, 2.75) is 26.3 Å². The smallest absolute Gasteiger partial charge is 0.323 e. The molecule has 7 heteroatoms. The van der Waals surface area contributed by atoms with E-state index in [1.807, 2.05) is 66.7 Å². The molecule has 0 unspecified atom stereocenters. The Kier molecular flexibility index (Phi) is 7.85. The Labute approximate surface area is 208 Å². The molecular weight excluding hydrogens is 492 g/mol. The number of halogens is 1. The molecule has 0 spiro atoms. The highest BCUT2D eigenvalue weighted by Crippen LogP contribution is 2.29. The standard InChI is InChI=1S/C27H29BrN4O2/c1-19-13-15-32(16-14-19)25-12-11-23(31-27(34)30-22-9-7-21(28)8-10-22)17-24(25)26(33)29-18-20-5-3-2-4-6-20/h2-12,17,19H,13-16,18H2,1H3,(H,29,33)(H2,30,31,34). The van der Waals surface area contributed by atoms with Gasteiger partial charge in [-0.3, -0.25) is 4.79 Å². The van der Waals surface area contributed by atoms with Gasteiger partial charge in [0.25, 0.3) is 5.91 Å². The van der Waals surface area contributed by atoms with E-state index in [1.54, 1.807) is 6.07 Å². The summed E-state index contributed by atoms with van der Waals surface area (Å²) >= 11 is 3.39. The zero-order valence-electron chi connectivity index (χ0n) is 19.2. The van der Waals surface area contributed by atoms with Gasteiger partial charge in [0.2, 0.25) is 0 Å². The first-order valence-corrected chi connectivity index (χ1v) is 12.3. The van der Waals surface area contributed by atoms with E-state index in [9.17, 15) is 9.59 Å². The predicted octanol–water partition coefficient (Wildman–Crippen LogP) is 6.26.